The molecule has 0 aromatic heterocycles. The summed E-state index contributed by atoms with van der Waals surface area (Å²) in [4.78, 5) is 0. The Morgan fingerprint density at radius 2 is 2.07 bits per heavy atom. The van der Waals surface area contributed by atoms with Crippen LogP contribution in [0.4, 0.5) is 5.69 Å². The Morgan fingerprint density at radius 1 is 1.40 bits per heavy atom. The molecule has 80 valence electrons. The first-order valence-corrected chi connectivity index (χ1v) is 4.37. The fourth-order valence-corrected chi connectivity index (χ4v) is 1.27. The Labute approximate surface area is 87.0 Å². The van der Waals surface area contributed by atoms with E-state index < -0.39 is 18.8 Å². The van der Waals surface area contributed by atoms with E-state index in [0.717, 1.165) is 0 Å². The molecule has 15 heavy (non-hydrogen) atoms. The standard InChI is InChI=1S/C10H12N2O3/c11-4-7-6(2-1-3-8(7)12)10(15)9(14)5-13/h1-3,9-10,13-15H,5,12H2. The largest absolute Gasteiger partial charge is 0.398 e. The first kappa shape index (κ1) is 11.5. The lowest BCUT2D eigenvalue weighted by Crippen LogP contribution is -2.23. The summed E-state index contributed by atoms with van der Waals surface area (Å²) in [7, 11) is 0. The molecule has 0 aliphatic carbocycles. The molecule has 0 amide bonds. The normalized spacial score (nSPS) is 14.3. The Kier molecular flexibility index (Phi) is 3.63. The van der Waals surface area contributed by atoms with Gasteiger partial charge in [-0.3, -0.25) is 0 Å². The van der Waals surface area contributed by atoms with Crippen molar-refractivity contribution in [3.05, 3.63) is 29.3 Å². The second-order valence-corrected chi connectivity index (χ2v) is 3.12. The van der Waals surface area contributed by atoms with E-state index in [2.05, 4.69) is 0 Å². The topological polar surface area (TPSA) is 111 Å². The molecular weight excluding hydrogens is 196 g/mol. The summed E-state index contributed by atoms with van der Waals surface area (Å²) in [6.07, 6.45) is -2.63. The van der Waals surface area contributed by atoms with Crippen molar-refractivity contribution < 1.29 is 15.3 Å². The molecule has 1 rings (SSSR count). The number of hydrogen-bond acceptors (Lipinski definition) is 5. The Balaban J connectivity index is 3.15. The average molecular weight is 208 g/mol. The summed E-state index contributed by atoms with van der Waals surface area (Å²) < 4.78 is 0. The van der Waals surface area contributed by atoms with Crippen molar-refractivity contribution in [3.8, 4) is 6.07 Å². The predicted molar refractivity (Wildman–Crippen MR) is 53.6 cm³/mol. The zero-order valence-electron chi connectivity index (χ0n) is 7.96. The van der Waals surface area contributed by atoms with Crippen LogP contribution in [0.3, 0.4) is 0 Å². The third kappa shape index (κ3) is 2.25. The van der Waals surface area contributed by atoms with Crippen LogP contribution in [0.5, 0.6) is 0 Å². The number of nitrogens with zero attached hydrogens (tertiary/aromatic N) is 1. The molecule has 2 atom stereocenters. The third-order valence-electron chi connectivity index (χ3n) is 2.11. The van der Waals surface area contributed by atoms with Crippen molar-refractivity contribution >= 4 is 5.69 Å². The number of rotatable bonds is 3. The van der Waals surface area contributed by atoms with Crippen LogP contribution >= 0.6 is 0 Å². The molecule has 0 aliphatic rings. The molecule has 5 N–H and O–H groups in total. The minimum absolute atomic E-state index is 0.123. The minimum atomic E-state index is -1.32. The number of nitrogen functional groups attached to an aromatic ring is 1. The molecule has 0 radical (unpaired) electrons. The molecule has 2 unspecified atom stereocenters. The summed E-state index contributed by atoms with van der Waals surface area (Å²) in [5, 5.41) is 36.3. The van der Waals surface area contributed by atoms with Gasteiger partial charge in [-0.15, -0.1) is 0 Å². The first-order valence-electron chi connectivity index (χ1n) is 4.37. The molecule has 0 heterocycles. The number of hydrogen-bond donors (Lipinski definition) is 4. The van der Waals surface area contributed by atoms with E-state index in [1.165, 1.54) is 12.1 Å². The average Bonchev–Trinajstić information content (AvgIpc) is 2.26. The van der Waals surface area contributed by atoms with Crippen LogP contribution in [0.15, 0.2) is 18.2 Å². The molecule has 0 aliphatic heterocycles. The van der Waals surface area contributed by atoms with E-state index in [4.69, 9.17) is 16.1 Å². The zero-order chi connectivity index (χ0) is 11.4. The molecule has 0 saturated carbocycles. The summed E-state index contributed by atoms with van der Waals surface area (Å²) in [5.41, 5.74) is 6.11. The van der Waals surface area contributed by atoms with Gasteiger partial charge in [0.1, 0.15) is 18.3 Å². The molecule has 5 heteroatoms. The highest BCUT2D eigenvalue weighted by atomic mass is 16.4. The maximum Gasteiger partial charge on any atom is 0.108 e. The smallest absolute Gasteiger partial charge is 0.108 e. The van der Waals surface area contributed by atoms with Gasteiger partial charge in [0, 0.05) is 11.3 Å². The van der Waals surface area contributed by atoms with Gasteiger partial charge in [0.25, 0.3) is 0 Å². The van der Waals surface area contributed by atoms with E-state index in [-0.39, 0.29) is 16.8 Å². The Morgan fingerprint density at radius 3 is 2.60 bits per heavy atom. The minimum Gasteiger partial charge on any atom is -0.398 e. The second kappa shape index (κ2) is 4.75. The molecule has 0 spiro atoms. The lowest BCUT2D eigenvalue weighted by atomic mass is 9.98. The Bertz CT molecular complexity index is 387. The maximum absolute atomic E-state index is 9.61. The van der Waals surface area contributed by atoms with E-state index >= 15 is 0 Å². The monoisotopic (exact) mass is 208 g/mol. The number of nitriles is 1. The van der Waals surface area contributed by atoms with Crippen molar-refractivity contribution in [3.63, 3.8) is 0 Å². The Hall–Kier alpha value is -1.61. The van der Waals surface area contributed by atoms with Crippen LogP contribution in [0.25, 0.3) is 0 Å². The van der Waals surface area contributed by atoms with Crippen LogP contribution < -0.4 is 5.73 Å². The molecule has 1 aromatic carbocycles. The van der Waals surface area contributed by atoms with Crippen LogP contribution in [0.1, 0.15) is 17.2 Å². The molecule has 5 nitrogen and oxygen atoms in total. The number of aliphatic hydroxyl groups is 3. The van der Waals surface area contributed by atoms with E-state index in [0.29, 0.717) is 0 Å². The highest BCUT2D eigenvalue weighted by molar-refractivity contribution is 5.58. The van der Waals surface area contributed by atoms with E-state index in [9.17, 15) is 10.2 Å². The van der Waals surface area contributed by atoms with Crippen LogP contribution in [0.2, 0.25) is 0 Å². The summed E-state index contributed by atoms with van der Waals surface area (Å²) in [6, 6.07) is 6.43. The van der Waals surface area contributed by atoms with Crippen molar-refractivity contribution in [1.82, 2.24) is 0 Å². The van der Waals surface area contributed by atoms with Gasteiger partial charge >= 0.3 is 0 Å². The van der Waals surface area contributed by atoms with E-state index in [1.54, 1.807) is 6.07 Å². The van der Waals surface area contributed by atoms with Gasteiger partial charge in [-0.25, -0.2) is 0 Å². The third-order valence-corrected chi connectivity index (χ3v) is 2.11. The summed E-state index contributed by atoms with van der Waals surface area (Å²) in [6.45, 7) is -0.583. The van der Waals surface area contributed by atoms with Crippen LogP contribution in [-0.2, 0) is 0 Å². The number of aliphatic hydroxyl groups excluding tert-OH is 3. The fourth-order valence-electron chi connectivity index (χ4n) is 1.27. The van der Waals surface area contributed by atoms with Gasteiger partial charge in [0.15, 0.2) is 0 Å². The summed E-state index contributed by atoms with van der Waals surface area (Å²) >= 11 is 0. The highest BCUT2D eigenvalue weighted by Gasteiger charge is 2.21. The lowest BCUT2D eigenvalue weighted by molar-refractivity contribution is -0.0153. The fraction of sp³-hybridized carbons (Fsp3) is 0.300. The van der Waals surface area contributed by atoms with Crippen LogP contribution in [-0.4, -0.2) is 28.0 Å². The number of nitrogens with two attached hydrogens (primary N) is 1. The number of benzene rings is 1. The summed E-state index contributed by atoms with van der Waals surface area (Å²) in [5.74, 6) is 0. The van der Waals surface area contributed by atoms with Gasteiger partial charge in [0.2, 0.25) is 0 Å². The van der Waals surface area contributed by atoms with Gasteiger partial charge < -0.3 is 21.1 Å². The first-order chi connectivity index (χ1) is 7.11. The maximum atomic E-state index is 9.61. The molecular formula is C10H12N2O3. The highest BCUT2D eigenvalue weighted by Crippen LogP contribution is 2.24. The van der Waals surface area contributed by atoms with Gasteiger partial charge in [0.05, 0.1) is 12.2 Å². The van der Waals surface area contributed by atoms with Crippen molar-refractivity contribution in [2.45, 2.75) is 12.2 Å². The van der Waals surface area contributed by atoms with Gasteiger partial charge in [-0.05, 0) is 6.07 Å². The van der Waals surface area contributed by atoms with Crippen molar-refractivity contribution in [2.75, 3.05) is 12.3 Å². The van der Waals surface area contributed by atoms with E-state index in [1.807, 2.05) is 6.07 Å². The van der Waals surface area contributed by atoms with Crippen molar-refractivity contribution in [2.24, 2.45) is 0 Å². The zero-order valence-corrected chi connectivity index (χ0v) is 7.96. The van der Waals surface area contributed by atoms with Crippen LogP contribution in [0, 0.1) is 11.3 Å². The lowest BCUT2D eigenvalue weighted by Gasteiger charge is -2.17. The molecule has 0 fully saturated rings. The predicted octanol–water partition coefficient (Wildman–Crippen LogP) is -0.473. The van der Waals surface area contributed by atoms with Gasteiger partial charge in [-0.1, -0.05) is 12.1 Å². The van der Waals surface area contributed by atoms with Crippen molar-refractivity contribution in [1.29, 1.82) is 5.26 Å². The second-order valence-electron chi connectivity index (χ2n) is 3.12. The van der Waals surface area contributed by atoms with Gasteiger partial charge in [-0.2, -0.15) is 5.26 Å². The molecule has 0 bridgehead atoms. The number of anilines is 1. The SMILES string of the molecule is N#Cc1c(N)cccc1C(O)C(O)CO. The molecule has 1 aromatic rings. The quantitative estimate of drug-likeness (QED) is 0.502. The molecule has 0 saturated heterocycles.